The summed E-state index contributed by atoms with van der Waals surface area (Å²) in [5, 5.41) is 0. The van der Waals surface area contributed by atoms with Crippen LogP contribution in [-0.4, -0.2) is 26.2 Å². The number of hydrogen-bond donors (Lipinski definition) is 0. The first-order valence-electron chi connectivity index (χ1n) is 5.80. The molecule has 0 fully saturated rings. The summed E-state index contributed by atoms with van der Waals surface area (Å²) in [4.78, 5) is 13.9. The van der Waals surface area contributed by atoms with Gasteiger partial charge in [-0.3, -0.25) is 4.79 Å². The van der Waals surface area contributed by atoms with Gasteiger partial charge in [0.15, 0.2) is 0 Å². The Kier molecular flexibility index (Phi) is 4.39. The van der Waals surface area contributed by atoms with Crippen molar-refractivity contribution in [2.24, 2.45) is 0 Å². The lowest BCUT2D eigenvalue weighted by Gasteiger charge is -2.22. The molecule has 1 aromatic carbocycles. The molecule has 92 valence electrons. The summed E-state index contributed by atoms with van der Waals surface area (Å²) in [6.45, 7) is 1.22. The zero-order valence-corrected chi connectivity index (χ0v) is 12.1. The number of hydrogen-bond acceptors (Lipinski definition) is 2. The molecule has 0 aromatic heterocycles. The van der Waals surface area contributed by atoms with Gasteiger partial charge in [0.25, 0.3) is 0 Å². The summed E-state index contributed by atoms with van der Waals surface area (Å²) in [6, 6.07) is 6.28. The number of carbonyl (C=O) groups excluding carboxylic acids is 1. The van der Waals surface area contributed by atoms with Crippen LogP contribution in [0.4, 0.5) is 5.69 Å². The minimum Gasteiger partial charge on any atom is -0.383 e. The van der Waals surface area contributed by atoms with Crippen molar-refractivity contribution in [1.82, 2.24) is 0 Å². The third kappa shape index (κ3) is 2.98. The predicted molar refractivity (Wildman–Crippen MR) is 76.3 cm³/mol. The van der Waals surface area contributed by atoms with Gasteiger partial charge in [-0.25, -0.2) is 0 Å². The molecule has 0 radical (unpaired) electrons. The van der Waals surface area contributed by atoms with Crippen molar-refractivity contribution in [3.8, 4) is 0 Å². The smallest absolute Gasteiger partial charge is 0.227 e. The number of methoxy groups -OCH3 is 1. The normalized spacial score (nSPS) is 15.6. The number of halogens is 1. The van der Waals surface area contributed by atoms with E-state index in [0.29, 0.717) is 19.6 Å². The highest BCUT2D eigenvalue weighted by Gasteiger charge is 2.21. The van der Waals surface area contributed by atoms with Crippen LogP contribution in [0.3, 0.4) is 0 Å². The van der Waals surface area contributed by atoms with E-state index in [1.165, 1.54) is 9.13 Å². The van der Waals surface area contributed by atoms with E-state index in [9.17, 15) is 4.79 Å². The van der Waals surface area contributed by atoms with Crippen molar-refractivity contribution >= 4 is 34.2 Å². The Morgan fingerprint density at radius 2 is 2.24 bits per heavy atom. The Bertz CT molecular complexity index is 420. The Morgan fingerprint density at radius 3 is 3.00 bits per heavy atom. The third-order valence-electron chi connectivity index (χ3n) is 2.99. The van der Waals surface area contributed by atoms with E-state index in [1.54, 1.807) is 7.11 Å². The first kappa shape index (κ1) is 12.8. The number of nitrogens with zero attached hydrogens (tertiary/aromatic N) is 1. The van der Waals surface area contributed by atoms with Gasteiger partial charge in [-0.15, -0.1) is 0 Å². The second-order valence-corrected chi connectivity index (χ2v) is 5.41. The number of fused-ring (bicyclic) bond motifs is 1. The lowest BCUT2D eigenvalue weighted by atomic mass is 10.1. The number of anilines is 1. The van der Waals surface area contributed by atoms with Gasteiger partial charge in [0.05, 0.1) is 6.61 Å². The topological polar surface area (TPSA) is 29.5 Å². The van der Waals surface area contributed by atoms with Gasteiger partial charge in [-0.2, -0.15) is 0 Å². The minimum absolute atomic E-state index is 0.210. The van der Waals surface area contributed by atoms with Crippen molar-refractivity contribution in [2.45, 2.75) is 19.3 Å². The van der Waals surface area contributed by atoms with Crippen LogP contribution in [0.15, 0.2) is 18.2 Å². The van der Waals surface area contributed by atoms with Crippen LogP contribution in [0, 0.1) is 3.57 Å². The Balaban J connectivity index is 2.33. The number of aryl methyl sites for hydroxylation is 1. The van der Waals surface area contributed by atoms with Gasteiger partial charge in [0.2, 0.25) is 5.91 Å². The van der Waals surface area contributed by atoms with Crippen molar-refractivity contribution in [1.29, 1.82) is 0 Å². The maximum atomic E-state index is 12.0. The first-order valence-corrected chi connectivity index (χ1v) is 6.88. The van der Waals surface area contributed by atoms with Crippen molar-refractivity contribution in [2.75, 3.05) is 25.2 Å². The van der Waals surface area contributed by atoms with Crippen LogP contribution < -0.4 is 4.90 Å². The van der Waals surface area contributed by atoms with Gasteiger partial charge in [-0.05, 0) is 59.2 Å². The standard InChI is InChI=1S/C13H16INO2/c1-17-8-7-15-12-6-5-11(14)9-10(12)3-2-4-13(15)16/h5-6,9H,2-4,7-8H2,1H3. The molecular formula is C13H16INO2. The molecule has 1 heterocycles. The summed E-state index contributed by atoms with van der Waals surface area (Å²) < 4.78 is 6.30. The van der Waals surface area contributed by atoms with E-state index in [-0.39, 0.29) is 5.91 Å². The minimum atomic E-state index is 0.210. The molecule has 0 spiro atoms. The summed E-state index contributed by atoms with van der Waals surface area (Å²) in [7, 11) is 1.66. The number of benzene rings is 1. The molecule has 0 aliphatic carbocycles. The molecule has 1 aromatic rings. The molecule has 0 saturated heterocycles. The zero-order chi connectivity index (χ0) is 12.3. The van der Waals surface area contributed by atoms with Crippen LogP contribution in [0.2, 0.25) is 0 Å². The Labute approximate surface area is 115 Å². The highest BCUT2D eigenvalue weighted by atomic mass is 127. The zero-order valence-electron chi connectivity index (χ0n) is 9.91. The molecule has 0 atom stereocenters. The largest absolute Gasteiger partial charge is 0.383 e. The lowest BCUT2D eigenvalue weighted by molar-refractivity contribution is -0.118. The predicted octanol–water partition coefficient (Wildman–Crippen LogP) is 2.61. The summed E-state index contributed by atoms with van der Waals surface area (Å²) in [5.41, 5.74) is 2.34. The van der Waals surface area contributed by atoms with Gasteiger partial charge >= 0.3 is 0 Å². The second-order valence-electron chi connectivity index (χ2n) is 4.16. The molecule has 4 heteroatoms. The molecule has 1 aliphatic heterocycles. The number of amides is 1. The molecule has 1 aliphatic rings. The maximum absolute atomic E-state index is 12.0. The second kappa shape index (κ2) is 5.82. The summed E-state index contributed by atoms with van der Waals surface area (Å²) in [6.07, 6.45) is 2.56. The SMILES string of the molecule is COCCN1C(=O)CCCc2cc(I)ccc21. The number of ether oxygens (including phenoxy) is 1. The number of rotatable bonds is 3. The molecule has 0 unspecified atom stereocenters. The Morgan fingerprint density at radius 1 is 1.41 bits per heavy atom. The molecule has 0 bridgehead atoms. The average Bonchev–Trinajstić information content (AvgIpc) is 2.45. The van der Waals surface area contributed by atoms with Crippen molar-refractivity contribution in [3.63, 3.8) is 0 Å². The highest BCUT2D eigenvalue weighted by Crippen LogP contribution is 2.28. The van der Waals surface area contributed by atoms with E-state index in [1.807, 2.05) is 4.90 Å². The molecular weight excluding hydrogens is 329 g/mol. The maximum Gasteiger partial charge on any atom is 0.227 e. The van der Waals surface area contributed by atoms with Crippen LogP contribution in [0.1, 0.15) is 18.4 Å². The van der Waals surface area contributed by atoms with E-state index in [0.717, 1.165) is 18.5 Å². The van der Waals surface area contributed by atoms with Crippen molar-refractivity contribution < 1.29 is 9.53 Å². The molecule has 1 amide bonds. The fourth-order valence-corrected chi connectivity index (χ4v) is 2.70. The van der Waals surface area contributed by atoms with Crippen LogP contribution in [0.5, 0.6) is 0 Å². The lowest BCUT2D eigenvalue weighted by Crippen LogP contribution is -2.33. The van der Waals surface area contributed by atoms with E-state index in [4.69, 9.17) is 4.74 Å². The van der Waals surface area contributed by atoms with Gasteiger partial charge in [0, 0.05) is 29.3 Å². The van der Waals surface area contributed by atoms with Gasteiger partial charge < -0.3 is 9.64 Å². The molecule has 2 rings (SSSR count). The number of carbonyl (C=O) groups is 1. The monoisotopic (exact) mass is 345 g/mol. The molecule has 3 nitrogen and oxygen atoms in total. The first-order chi connectivity index (χ1) is 8.22. The van der Waals surface area contributed by atoms with Crippen LogP contribution in [-0.2, 0) is 16.0 Å². The van der Waals surface area contributed by atoms with Gasteiger partial charge in [0.1, 0.15) is 0 Å². The quantitative estimate of drug-likeness (QED) is 0.789. The summed E-state index contributed by atoms with van der Waals surface area (Å²) >= 11 is 2.31. The van der Waals surface area contributed by atoms with E-state index >= 15 is 0 Å². The van der Waals surface area contributed by atoms with E-state index < -0.39 is 0 Å². The van der Waals surface area contributed by atoms with Crippen molar-refractivity contribution in [3.05, 3.63) is 27.3 Å². The van der Waals surface area contributed by atoms with Crippen LogP contribution in [0.25, 0.3) is 0 Å². The average molecular weight is 345 g/mol. The Hall–Kier alpha value is -0.620. The van der Waals surface area contributed by atoms with Gasteiger partial charge in [-0.1, -0.05) is 0 Å². The molecule has 0 saturated carbocycles. The fraction of sp³-hybridized carbons (Fsp3) is 0.462. The molecule has 0 N–H and O–H groups in total. The highest BCUT2D eigenvalue weighted by molar-refractivity contribution is 14.1. The summed E-state index contributed by atoms with van der Waals surface area (Å²) in [5.74, 6) is 0.210. The molecule has 17 heavy (non-hydrogen) atoms. The van der Waals surface area contributed by atoms with E-state index in [2.05, 4.69) is 40.8 Å². The third-order valence-corrected chi connectivity index (χ3v) is 3.66. The fourth-order valence-electron chi connectivity index (χ4n) is 2.14. The van der Waals surface area contributed by atoms with Crippen LogP contribution >= 0.6 is 22.6 Å².